The van der Waals surface area contributed by atoms with E-state index in [2.05, 4.69) is 5.32 Å². The molecule has 1 aromatic carbocycles. The van der Waals surface area contributed by atoms with Crippen LogP contribution in [0.15, 0.2) is 12.1 Å². The van der Waals surface area contributed by atoms with Crippen LogP contribution in [0.1, 0.15) is 23.2 Å². The van der Waals surface area contributed by atoms with Crippen molar-refractivity contribution in [2.45, 2.75) is 18.9 Å². The van der Waals surface area contributed by atoms with Gasteiger partial charge in [0.25, 0.3) is 5.91 Å². The van der Waals surface area contributed by atoms with Crippen molar-refractivity contribution in [3.05, 3.63) is 17.7 Å². The van der Waals surface area contributed by atoms with E-state index in [9.17, 15) is 4.79 Å². The molecule has 1 N–H and O–H groups in total. The zero-order valence-corrected chi connectivity index (χ0v) is 14.9. The monoisotopic (exact) mass is 344 g/mol. The number of carbonyl (C=O) groups is 1. The van der Waals surface area contributed by atoms with E-state index in [0.717, 1.165) is 19.4 Å². The number of hydrogen-bond acceptors (Lipinski definition) is 5. The number of likely N-dealkylation sites (tertiary alicyclic amines) is 1. The summed E-state index contributed by atoms with van der Waals surface area (Å²) in [5, 5.41) is 3.24. The first-order valence-corrected chi connectivity index (χ1v) is 7.41. The summed E-state index contributed by atoms with van der Waals surface area (Å²) in [4.78, 5) is 14.7. The minimum absolute atomic E-state index is 0. The van der Waals surface area contributed by atoms with E-state index in [1.54, 1.807) is 33.5 Å². The van der Waals surface area contributed by atoms with Crippen LogP contribution in [0.4, 0.5) is 0 Å². The zero-order valence-electron chi connectivity index (χ0n) is 14.0. The molecule has 1 amide bonds. The van der Waals surface area contributed by atoms with Crippen LogP contribution in [-0.4, -0.2) is 58.3 Å². The molecule has 130 valence electrons. The average Bonchev–Trinajstić information content (AvgIpc) is 2.59. The first kappa shape index (κ1) is 19.4. The molecule has 1 unspecified atom stereocenters. The van der Waals surface area contributed by atoms with Crippen LogP contribution in [0.5, 0.6) is 17.2 Å². The normalized spacial score (nSPS) is 17.2. The summed E-state index contributed by atoms with van der Waals surface area (Å²) in [7, 11) is 6.58. The Bertz CT molecular complexity index is 539. The Morgan fingerprint density at radius 1 is 1.13 bits per heavy atom. The van der Waals surface area contributed by atoms with Gasteiger partial charge in [0.15, 0.2) is 11.5 Å². The topological polar surface area (TPSA) is 60.0 Å². The third-order valence-electron chi connectivity index (χ3n) is 4.05. The molecule has 1 heterocycles. The van der Waals surface area contributed by atoms with E-state index in [0.29, 0.717) is 35.4 Å². The number of nitrogens with one attached hydrogen (secondary N) is 1. The highest BCUT2D eigenvalue weighted by Crippen LogP contribution is 2.35. The highest BCUT2D eigenvalue weighted by molar-refractivity contribution is 5.98. The van der Waals surface area contributed by atoms with Crippen molar-refractivity contribution >= 4 is 18.3 Å². The van der Waals surface area contributed by atoms with Gasteiger partial charge < -0.3 is 24.4 Å². The predicted octanol–water partition coefficient (Wildman–Crippen LogP) is 1.96. The minimum atomic E-state index is -0.0437. The molecule has 6 nitrogen and oxygen atoms in total. The quantitative estimate of drug-likeness (QED) is 0.884. The summed E-state index contributed by atoms with van der Waals surface area (Å²) in [6, 6.07) is 3.71. The van der Waals surface area contributed by atoms with Crippen molar-refractivity contribution in [3.63, 3.8) is 0 Å². The van der Waals surface area contributed by atoms with Crippen molar-refractivity contribution < 1.29 is 19.0 Å². The van der Waals surface area contributed by atoms with Gasteiger partial charge in [-0.25, -0.2) is 0 Å². The van der Waals surface area contributed by atoms with E-state index < -0.39 is 0 Å². The molecule has 1 saturated heterocycles. The average molecular weight is 345 g/mol. The van der Waals surface area contributed by atoms with Gasteiger partial charge in [-0.3, -0.25) is 4.79 Å². The van der Waals surface area contributed by atoms with Gasteiger partial charge in [0, 0.05) is 31.3 Å². The second-order valence-electron chi connectivity index (χ2n) is 5.29. The maximum absolute atomic E-state index is 12.8. The van der Waals surface area contributed by atoms with Crippen molar-refractivity contribution in [2.75, 3.05) is 41.5 Å². The number of carbonyl (C=O) groups excluding carboxylic acids is 1. The molecule has 23 heavy (non-hydrogen) atoms. The van der Waals surface area contributed by atoms with Gasteiger partial charge in [0.1, 0.15) is 5.75 Å². The number of piperidine rings is 1. The van der Waals surface area contributed by atoms with Gasteiger partial charge in [-0.1, -0.05) is 0 Å². The second-order valence-corrected chi connectivity index (χ2v) is 5.29. The molecule has 0 radical (unpaired) electrons. The van der Waals surface area contributed by atoms with E-state index >= 15 is 0 Å². The Morgan fingerprint density at radius 3 is 2.30 bits per heavy atom. The molecule has 0 bridgehead atoms. The lowest BCUT2D eigenvalue weighted by Crippen LogP contribution is -2.47. The van der Waals surface area contributed by atoms with Crippen LogP contribution in [-0.2, 0) is 0 Å². The number of amides is 1. The van der Waals surface area contributed by atoms with Gasteiger partial charge in [-0.15, -0.1) is 12.4 Å². The number of rotatable bonds is 5. The number of hydrogen-bond donors (Lipinski definition) is 1. The Kier molecular flexibility index (Phi) is 7.45. The number of likely N-dealkylation sites (N-methyl/N-ethyl adjacent to an activating group) is 1. The summed E-state index contributed by atoms with van der Waals surface area (Å²) in [6.45, 7) is 1.46. The standard InChI is InChI=1S/C16H24N2O4.ClH/c1-17-11-6-5-7-18(10-11)16(19)12-8-14(21-3)15(22-4)9-13(12)20-2;/h8-9,11,17H,5-7,10H2,1-4H3;1H. The maximum Gasteiger partial charge on any atom is 0.257 e. The fourth-order valence-electron chi connectivity index (χ4n) is 2.76. The van der Waals surface area contributed by atoms with Crippen LogP contribution in [0.2, 0.25) is 0 Å². The third kappa shape index (κ3) is 4.20. The van der Waals surface area contributed by atoms with Crippen LogP contribution >= 0.6 is 12.4 Å². The smallest absolute Gasteiger partial charge is 0.257 e. The van der Waals surface area contributed by atoms with Crippen LogP contribution in [0.25, 0.3) is 0 Å². The molecular weight excluding hydrogens is 320 g/mol. The third-order valence-corrected chi connectivity index (χ3v) is 4.05. The number of benzene rings is 1. The predicted molar refractivity (Wildman–Crippen MR) is 91.3 cm³/mol. The fourth-order valence-corrected chi connectivity index (χ4v) is 2.76. The van der Waals surface area contributed by atoms with E-state index in [1.807, 2.05) is 11.9 Å². The summed E-state index contributed by atoms with van der Waals surface area (Å²) < 4.78 is 15.9. The Labute approximate surface area is 143 Å². The van der Waals surface area contributed by atoms with E-state index in [4.69, 9.17) is 14.2 Å². The van der Waals surface area contributed by atoms with Crippen LogP contribution in [0, 0.1) is 0 Å². The molecule has 0 aromatic heterocycles. The molecule has 1 aliphatic heterocycles. The molecule has 0 aliphatic carbocycles. The number of nitrogens with zero attached hydrogens (tertiary/aromatic N) is 1. The molecule has 1 atom stereocenters. The lowest BCUT2D eigenvalue weighted by atomic mass is 10.0. The van der Waals surface area contributed by atoms with Gasteiger partial charge in [0.2, 0.25) is 0 Å². The SMILES string of the molecule is CNC1CCCN(C(=O)c2cc(OC)c(OC)cc2OC)C1.Cl. The summed E-state index contributed by atoms with van der Waals surface area (Å²) in [5.41, 5.74) is 0.497. The molecule has 1 aromatic rings. The highest BCUT2D eigenvalue weighted by atomic mass is 35.5. The summed E-state index contributed by atoms with van der Waals surface area (Å²) in [6.07, 6.45) is 2.08. The fraction of sp³-hybridized carbons (Fsp3) is 0.562. The molecule has 0 saturated carbocycles. The number of ether oxygens (including phenoxy) is 3. The summed E-state index contributed by atoms with van der Waals surface area (Å²) >= 11 is 0. The Hall–Kier alpha value is -1.66. The Balaban J connectivity index is 0.00000264. The zero-order chi connectivity index (χ0) is 16.1. The molecule has 1 fully saturated rings. The van der Waals surface area contributed by atoms with Crippen molar-refractivity contribution in [1.29, 1.82) is 0 Å². The molecule has 7 heteroatoms. The van der Waals surface area contributed by atoms with E-state index in [1.165, 1.54) is 0 Å². The summed E-state index contributed by atoms with van der Waals surface area (Å²) in [5.74, 6) is 1.52. The van der Waals surface area contributed by atoms with Gasteiger partial charge >= 0.3 is 0 Å². The Morgan fingerprint density at radius 2 is 1.74 bits per heavy atom. The lowest BCUT2D eigenvalue weighted by Gasteiger charge is -2.33. The first-order valence-electron chi connectivity index (χ1n) is 7.41. The lowest BCUT2D eigenvalue weighted by molar-refractivity contribution is 0.0694. The second kappa shape index (κ2) is 8.84. The van der Waals surface area contributed by atoms with Crippen LogP contribution < -0.4 is 19.5 Å². The molecule has 2 rings (SSSR count). The first-order chi connectivity index (χ1) is 10.6. The van der Waals surface area contributed by atoms with Crippen molar-refractivity contribution in [1.82, 2.24) is 10.2 Å². The number of halogens is 1. The van der Waals surface area contributed by atoms with Gasteiger partial charge in [0.05, 0.1) is 26.9 Å². The minimum Gasteiger partial charge on any atom is -0.496 e. The molecule has 1 aliphatic rings. The number of methoxy groups -OCH3 is 3. The van der Waals surface area contributed by atoms with Crippen LogP contribution in [0.3, 0.4) is 0 Å². The van der Waals surface area contributed by atoms with Crippen molar-refractivity contribution in [2.24, 2.45) is 0 Å². The largest absolute Gasteiger partial charge is 0.496 e. The molecular formula is C16H25ClN2O4. The van der Waals surface area contributed by atoms with Gasteiger partial charge in [-0.2, -0.15) is 0 Å². The van der Waals surface area contributed by atoms with Crippen molar-refractivity contribution in [3.8, 4) is 17.2 Å². The highest BCUT2D eigenvalue weighted by Gasteiger charge is 2.26. The van der Waals surface area contributed by atoms with Gasteiger partial charge in [-0.05, 0) is 19.9 Å². The molecule has 0 spiro atoms. The maximum atomic E-state index is 12.8. The van der Waals surface area contributed by atoms with E-state index in [-0.39, 0.29) is 18.3 Å².